The first-order valence-corrected chi connectivity index (χ1v) is 5.04. The first-order valence-electron chi connectivity index (χ1n) is 4.63. The van der Waals surface area contributed by atoms with Crippen molar-refractivity contribution >= 4 is 29.0 Å². The molecule has 0 atom stereocenters. The first kappa shape index (κ1) is 12.3. The Morgan fingerprint density at radius 3 is 2.75 bits per heavy atom. The van der Waals surface area contributed by atoms with Gasteiger partial charge in [-0.2, -0.15) is 0 Å². The number of nitrogens with one attached hydrogen (secondary N) is 2. The highest BCUT2D eigenvalue weighted by atomic mass is 32.1. The Morgan fingerprint density at radius 1 is 1.56 bits per heavy atom. The molecule has 0 saturated heterocycles. The van der Waals surface area contributed by atoms with Gasteiger partial charge in [0, 0.05) is 12.2 Å². The predicted molar refractivity (Wildman–Crippen MR) is 62.7 cm³/mol. The van der Waals surface area contributed by atoms with Gasteiger partial charge in [-0.25, -0.2) is 4.79 Å². The molecular formula is C10H11N2O3S-. The molecule has 0 spiro atoms. The molecule has 3 N–H and O–H groups in total. The number of hydrogen-bond donors (Lipinski definition) is 3. The Balaban J connectivity index is 2.81. The van der Waals surface area contributed by atoms with Crippen LogP contribution in [-0.2, 0) is 0 Å². The van der Waals surface area contributed by atoms with E-state index in [1.807, 2.05) is 6.92 Å². The molecular weight excluding hydrogens is 228 g/mol. The summed E-state index contributed by atoms with van der Waals surface area (Å²) in [6, 6.07) is 3.95. The van der Waals surface area contributed by atoms with Crippen LogP contribution in [0, 0.1) is 0 Å². The predicted octanol–water partition coefficient (Wildman–Crippen LogP) is 0.765. The molecule has 0 bridgehead atoms. The van der Waals surface area contributed by atoms with Crippen molar-refractivity contribution in [3.8, 4) is 5.75 Å². The van der Waals surface area contributed by atoms with Gasteiger partial charge in [0.15, 0.2) is 5.11 Å². The van der Waals surface area contributed by atoms with E-state index in [-0.39, 0.29) is 5.56 Å². The smallest absolute Gasteiger partial charge is 0.335 e. The number of anilines is 1. The van der Waals surface area contributed by atoms with E-state index >= 15 is 0 Å². The van der Waals surface area contributed by atoms with E-state index in [1.54, 1.807) is 0 Å². The summed E-state index contributed by atoms with van der Waals surface area (Å²) < 4.78 is 0. The Bertz CT molecular complexity index is 421. The fourth-order valence-corrected chi connectivity index (χ4v) is 1.37. The van der Waals surface area contributed by atoms with Crippen molar-refractivity contribution in [2.75, 3.05) is 11.9 Å². The lowest BCUT2D eigenvalue weighted by Crippen LogP contribution is -2.27. The molecule has 0 aromatic heterocycles. The minimum absolute atomic E-state index is 0.250. The zero-order chi connectivity index (χ0) is 12.1. The highest BCUT2D eigenvalue weighted by molar-refractivity contribution is 7.80. The average molecular weight is 239 g/mol. The minimum atomic E-state index is -1.23. The molecule has 0 radical (unpaired) electrons. The van der Waals surface area contributed by atoms with E-state index < -0.39 is 11.7 Å². The fraction of sp³-hybridized carbons (Fsp3) is 0.200. The van der Waals surface area contributed by atoms with Crippen molar-refractivity contribution in [3.63, 3.8) is 0 Å². The molecule has 0 aliphatic carbocycles. The number of carboxylic acid groups (broad SMARTS) is 1. The summed E-state index contributed by atoms with van der Waals surface area (Å²) in [4.78, 5) is 10.6. The number of rotatable bonds is 3. The highest BCUT2D eigenvalue weighted by Gasteiger charge is 2.04. The molecule has 0 fully saturated rings. The van der Waals surface area contributed by atoms with Gasteiger partial charge < -0.3 is 20.8 Å². The lowest BCUT2D eigenvalue weighted by Gasteiger charge is -2.14. The fourth-order valence-electron chi connectivity index (χ4n) is 1.11. The first-order chi connectivity index (χ1) is 7.54. The van der Waals surface area contributed by atoms with E-state index in [4.69, 9.17) is 17.3 Å². The van der Waals surface area contributed by atoms with Gasteiger partial charge in [0.25, 0.3) is 0 Å². The SMILES string of the molecule is CCNC(=S)Nc1ccc(C(=O)O)c([O-])c1. The number of aromatic carboxylic acids is 1. The van der Waals surface area contributed by atoms with Crippen molar-refractivity contribution in [2.24, 2.45) is 0 Å². The second-order valence-electron chi connectivity index (χ2n) is 3.00. The number of benzene rings is 1. The Labute approximate surface area is 98.1 Å². The van der Waals surface area contributed by atoms with Crippen molar-refractivity contribution in [3.05, 3.63) is 23.8 Å². The summed E-state index contributed by atoms with van der Waals surface area (Å²) in [6.45, 7) is 2.56. The normalized spacial score (nSPS) is 9.56. The van der Waals surface area contributed by atoms with E-state index in [0.29, 0.717) is 17.3 Å². The molecule has 5 nitrogen and oxygen atoms in total. The van der Waals surface area contributed by atoms with E-state index in [2.05, 4.69) is 10.6 Å². The van der Waals surface area contributed by atoms with Crippen molar-refractivity contribution < 1.29 is 15.0 Å². The molecule has 0 saturated carbocycles. The number of thiocarbonyl (C=S) groups is 1. The van der Waals surface area contributed by atoms with Crippen LogP contribution in [-0.4, -0.2) is 22.7 Å². The second kappa shape index (κ2) is 5.32. The van der Waals surface area contributed by atoms with Crippen LogP contribution in [0.5, 0.6) is 5.75 Å². The maximum Gasteiger partial charge on any atom is 0.335 e. The van der Waals surface area contributed by atoms with Crippen LogP contribution in [0.25, 0.3) is 0 Å². The van der Waals surface area contributed by atoms with Crippen LogP contribution in [0.1, 0.15) is 17.3 Å². The topological polar surface area (TPSA) is 84.4 Å². The molecule has 86 valence electrons. The molecule has 1 aromatic carbocycles. The van der Waals surface area contributed by atoms with Gasteiger partial charge in [-0.05, 0) is 37.3 Å². The average Bonchev–Trinajstić information content (AvgIpc) is 2.17. The summed E-state index contributed by atoms with van der Waals surface area (Å²) in [7, 11) is 0. The van der Waals surface area contributed by atoms with Crippen LogP contribution in [0.4, 0.5) is 5.69 Å². The summed E-state index contributed by atoms with van der Waals surface area (Å²) in [6.07, 6.45) is 0. The monoisotopic (exact) mass is 239 g/mol. The number of carbonyl (C=O) groups is 1. The molecule has 0 aliphatic rings. The molecule has 16 heavy (non-hydrogen) atoms. The van der Waals surface area contributed by atoms with Gasteiger partial charge in [-0.15, -0.1) is 0 Å². The third kappa shape index (κ3) is 3.09. The lowest BCUT2D eigenvalue weighted by molar-refractivity contribution is -0.268. The summed E-state index contributed by atoms with van der Waals surface area (Å²) >= 11 is 4.92. The van der Waals surface area contributed by atoms with Gasteiger partial charge >= 0.3 is 5.97 Å². The molecule has 1 rings (SSSR count). The molecule has 0 heterocycles. The molecule has 1 aromatic rings. The third-order valence-electron chi connectivity index (χ3n) is 1.81. The lowest BCUT2D eigenvalue weighted by atomic mass is 10.2. The van der Waals surface area contributed by atoms with Crippen molar-refractivity contribution in [1.82, 2.24) is 5.32 Å². The van der Waals surface area contributed by atoms with Gasteiger partial charge in [0.05, 0.1) is 5.56 Å². The summed E-state index contributed by atoms with van der Waals surface area (Å²) in [5.41, 5.74) is 0.223. The number of carboxylic acids is 1. The van der Waals surface area contributed by atoms with Gasteiger partial charge in [0.2, 0.25) is 0 Å². The quantitative estimate of drug-likeness (QED) is 0.675. The zero-order valence-electron chi connectivity index (χ0n) is 8.61. The number of hydrogen-bond acceptors (Lipinski definition) is 3. The van der Waals surface area contributed by atoms with E-state index in [9.17, 15) is 9.90 Å². The Hall–Kier alpha value is -1.82. The van der Waals surface area contributed by atoms with Crippen LogP contribution >= 0.6 is 12.2 Å². The van der Waals surface area contributed by atoms with Crippen LogP contribution in [0.15, 0.2) is 18.2 Å². The zero-order valence-corrected chi connectivity index (χ0v) is 9.43. The van der Waals surface area contributed by atoms with Crippen LogP contribution in [0.2, 0.25) is 0 Å². The second-order valence-corrected chi connectivity index (χ2v) is 3.41. The molecule has 0 aliphatic heterocycles. The molecule has 0 unspecified atom stereocenters. The minimum Gasteiger partial charge on any atom is -0.872 e. The summed E-state index contributed by atoms with van der Waals surface area (Å²) in [5.74, 6) is -1.78. The maximum absolute atomic E-state index is 11.3. The summed E-state index contributed by atoms with van der Waals surface area (Å²) in [5, 5.41) is 26.0. The van der Waals surface area contributed by atoms with Crippen LogP contribution in [0.3, 0.4) is 0 Å². The van der Waals surface area contributed by atoms with E-state index in [1.165, 1.54) is 18.2 Å². The van der Waals surface area contributed by atoms with Gasteiger partial charge in [-0.3, -0.25) is 0 Å². The third-order valence-corrected chi connectivity index (χ3v) is 2.05. The van der Waals surface area contributed by atoms with Gasteiger partial charge in [-0.1, -0.05) is 5.75 Å². The standard InChI is InChI=1S/C10H12N2O3S/c1-2-11-10(16)12-6-3-4-7(9(14)15)8(13)5-6/h3-5,13H,2H2,1H3,(H,14,15)(H2,11,12,16)/p-1. The highest BCUT2D eigenvalue weighted by Crippen LogP contribution is 2.19. The molecule has 6 heteroatoms. The Morgan fingerprint density at radius 2 is 2.25 bits per heavy atom. The Kier molecular flexibility index (Phi) is 4.07. The maximum atomic E-state index is 11.3. The largest absolute Gasteiger partial charge is 0.872 e. The van der Waals surface area contributed by atoms with Crippen molar-refractivity contribution in [1.29, 1.82) is 0 Å². The van der Waals surface area contributed by atoms with Crippen molar-refractivity contribution in [2.45, 2.75) is 6.92 Å². The van der Waals surface area contributed by atoms with Gasteiger partial charge in [0.1, 0.15) is 0 Å². The molecule has 0 amide bonds. The van der Waals surface area contributed by atoms with E-state index in [0.717, 1.165) is 0 Å². The van der Waals surface area contributed by atoms with Crippen LogP contribution < -0.4 is 15.7 Å².